The van der Waals surface area contributed by atoms with Gasteiger partial charge in [-0.15, -0.1) is 0 Å². The highest BCUT2D eigenvalue weighted by atomic mass is 32.2. The van der Waals surface area contributed by atoms with Gasteiger partial charge < -0.3 is 19.2 Å². The van der Waals surface area contributed by atoms with Gasteiger partial charge in [0.05, 0.1) is 24.4 Å². The number of pyridine rings is 1. The summed E-state index contributed by atoms with van der Waals surface area (Å²) in [5.41, 5.74) is 0.441. The summed E-state index contributed by atoms with van der Waals surface area (Å²) in [5, 5.41) is 3.07. The van der Waals surface area contributed by atoms with Crippen molar-refractivity contribution in [3.05, 3.63) is 72.8 Å². The van der Waals surface area contributed by atoms with E-state index < -0.39 is 33.9 Å². The normalized spacial score (nSPS) is 12.1. The zero-order valence-electron chi connectivity index (χ0n) is 18.6. The first kappa shape index (κ1) is 24.8. The minimum atomic E-state index is -3.87. The quantitative estimate of drug-likeness (QED) is 0.308. The topological polar surface area (TPSA) is 137 Å². The van der Waals surface area contributed by atoms with Gasteiger partial charge >= 0.3 is 11.9 Å². The SMILES string of the molecule is CCOC(=O)C(C(=O)OCC)[C@@H](Nc1ccc(S(=O)(=O)Nc2ccccn2)cc1)c1ccco1. The van der Waals surface area contributed by atoms with E-state index in [0.29, 0.717) is 11.4 Å². The molecule has 2 N–H and O–H groups in total. The fraction of sp³-hybridized carbons (Fsp3) is 0.261. The van der Waals surface area contributed by atoms with Gasteiger partial charge in [0, 0.05) is 11.9 Å². The van der Waals surface area contributed by atoms with Gasteiger partial charge in [0.15, 0.2) is 5.92 Å². The lowest BCUT2D eigenvalue weighted by Crippen LogP contribution is -2.36. The smallest absolute Gasteiger partial charge is 0.322 e. The van der Waals surface area contributed by atoms with E-state index in [-0.39, 0.29) is 23.9 Å². The molecule has 0 spiro atoms. The molecule has 0 aliphatic carbocycles. The largest absolute Gasteiger partial charge is 0.467 e. The average Bonchev–Trinajstić information content (AvgIpc) is 3.35. The molecule has 1 atom stereocenters. The summed E-state index contributed by atoms with van der Waals surface area (Å²) in [6, 6.07) is 12.9. The lowest BCUT2D eigenvalue weighted by Gasteiger charge is -2.24. The lowest BCUT2D eigenvalue weighted by molar-refractivity contribution is -0.162. The minimum absolute atomic E-state index is 0.00517. The van der Waals surface area contributed by atoms with Crippen LogP contribution in [0.2, 0.25) is 0 Å². The number of ether oxygens (including phenoxy) is 2. The summed E-state index contributed by atoms with van der Waals surface area (Å²) in [6.45, 7) is 3.42. The van der Waals surface area contributed by atoms with Crippen molar-refractivity contribution in [2.45, 2.75) is 24.8 Å². The number of hydrogen-bond donors (Lipinski definition) is 2. The highest BCUT2D eigenvalue weighted by Gasteiger charge is 2.40. The molecule has 0 aliphatic heterocycles. The number of benzene rings is 1. The van der Waals surface area contributed by atoms with Crippen molar-refractivity contribution in [3.63, 3.8) is 0 Å². The summed E-state index contributed by atoms with van der Waals surface area (Å²) in [4.78, 5) is 29.3. The summed E-state index contributed by atoms with van der Waals surface area (Å²) >= 11 is 0. The number of esters is 2. The Bertz CT molecular complexity index is 1160. The predicted octanol–water partition coefficient (Wildman–Crippen LogP) is 3.37. The van der Waals surface area contributed by atoms with Gasteiger partial charge in [-0.25, -0.2) is 13.4 Å². The molecule has 0 radical (unpaired) electrons. The first-order chi connectivity index (χ1) is 16.4. The Morgan fingerprint density at radius 3 is 2.18 bits per heavy atom. The van der Waals surface area contributed by atoms with Crippen molar-refractivity contribution in [1.29, 1.82) is 0 Å². The van der Waals surface area contributed by atoms with E-state index in [0.717, 1.165) is 0 Å². The fourth-order valence-electron chi connectivity index (χ4n) is 3.15. The Morgan fingerprint density at radius 2 is 1.65 bits per heavy atom. The second-order valence-corrected chi connectivity index (χ2v) is 8.65. The number of aromatic nitrogens is 1. The maximum absolute atomic E-state index is 12.6. The summed E-state index contributed by atoms with van der Waals surface area (Å²) in [7, 11) is -3.87. The number of rotatable bonds is 11. The van der Waals surface area contributed by atoms with Gasteiger partial charge in [-0.1, -0.05) is 6.07 Å². The number of furan rings is 1. The molecule has 3 aromatic rings. The van der Waals surface area contributed by atoms with Crippen LogP contribution >= 0.6 is 0 Å². The van der Waals surface area contributed by atoms with Crippen LogP contribution in [0.4, 0.5) is 11.5 Å². The molecular weight excluding hydrogens is 462 g/mol. The first-order valence-corrected chi connectivity index (χ1v) is 12.0. The lowest BCUT2D eigenvalue weighted by atomic mass is 9.97. The molecular formula is C23H25N3O7S. The van der Waals surface area contributed by atoms with Crippen LogP contribution in [0, 0.1) is 5.92 Å². The van der Waals surface area contributed by atoms with Crippen LogP contribution in [0.25, 0.3) is 0 Å². The Hall–Kier alpha value is -3.86. The highest BCUT2D eigenvalue weighted by molar-refractivity contribution is 7.92. The number of carbonyl (C=O) groups excluding carboxylic acids is 2. The molecule has 0 saturated carbocycles. The second-order valence-electron chi connectivity index (χ2n) is 6.96. The number of carbonyl (C=O) groups is 2. The molecule has 0 saturated heterocycles. The van der Waals surface area contributed by atoms with Gasteiger partial charge in [0.2, 0.25) is 0 Å². The van der Waals surface area contributed by atoms with Gasteiger partial charge in [0.25, 0.3) is 10.0 Å². The Labute approximate surface area is 197 Å². The van der Waals surface area contributed by atoms with Crippen LogP contribution < -0.4 is 10.0 Å². The van der Waals surface area contributed by atoms with Crippen LogP contribution in [-0.4, -0.2) is 38.6 Å². The van der Waals surface area contributed by atoms with Crippen molar-refractivity contribution >= 4 is 33.5 Å². The zero-order valence-corrected chi connectivity index (χ0v) is 19.4. The van der Waals surface area contributed by atoms with Crippen molar-refractivity contribution < 1.29 is 31.9 Å². The number of hydrogen-bond acceptors (Lipinski definition) is 9. The predicted molar refractivity (Wildman–Crippen MR) is 123 cm³/mol. The minimum Gasteiger partial charge on any atom is -0.467 e. The van der Waals surface area contributed by atoms with Crippen LogP contribution in [0.3, 0.4) is 0 Å². The van der Waals surface area contributed by atoms with Gasteiger partial charge in [0.1, 0.15) is 17.6 Å². The third-order valence-electron chi connectivity index (χ3n) is 4.65. The van der Waals surface area contributed by atoms with E-state index in [1.54, 1.807) is 38.1 Å². The number of nitrogens with zero attached hydrogens (tertiary/aromatic N) is 1. The summed E-state index contributed by atoms with van der Waals surface area (Å²) in [5.74, 6) is -2.39. The zero-order chi connectivity index (χ0) is 24.6. The molecule has 11 heteroatoms. The monoisotopic (exact) mass is 487 g/mol. The average molecular weight is 488 g/mol. The van der Waals surface area contributed by atoms with E-state index in [9.17, 15) is 18.0 Å². The molecule has 1 aromatic carbocycles. The van der Waals surface area contributed by atoms with Gasteiger partial charge in [-0.2, -0.15) is 0 Å². The van der Waals surface area contributed by atoms with Crippen molar-refractivity contribution in [3.8, 4) is 0 Å². The van der Waals surface area contributed by atoms with E-state index in [4.69, 9.17) is 13.9 Å². The summed E-state index contributed by atoms with van der Waals surface area (Å²) in [6.07, 6.45) is 2.89. The number of sulfonamides is 1. The molecule has 2 heterocycles. The molecule has 34 heavy (non-hydrogen) atoms. The van der Waals surface area contributed by atoms with Gasteiger partial charge in [-0.05, 0) is 62.4 Å². The van der Waals surface area contributed by atoms with Gasteiger partial charge in [-0.3, -0.25) is 14.3 Å². The van der Waals surface area contributed by atoms with Crippen LogP contribution in [0.1, 0.15) is 25.6 Å². The molecule has 180 valence electrons. The second kappa shape index (κ2) is 11.3. The van der Waals surface area contributed by atoms with Crippen LogP contribution in [0.5, 0.6) is 0 Å². The fourth-order valence-corrected chi connectivity index (χ4v) is 4.16. The maximum Gasteiger partial charge on any atom is 0.322 e. The van der Waals surface area contributed by atoms with Crippen molar-refractivity contribution in [2.24, 2.45) is 5.92 Å². The molecule has 0 bridgehead atoms. The molecule has 0 amide bonds. The van der Waals surface area contributed by atoms with Crippen molar-refractivity contribution in [1.82, 2.24) is 4.98 Å². The Morgan fingerprint density at radius 1 is 0.971 bits per heavy atom. The van der Waals surface area contributed by atoms with E-state index in [1.807, 2.05) is 0 Å². The molecule has 0 fully saturated rings. The third kappa shape index (κ3) is 6.13. The maximum atomic E-state index is 12.6. The Balaban J connectivity index is 1.87. The van der Waals surface area contributed by atoms with E-state index in [1.165, 1.54) is 42.8 Å². The molecule has 0 aliphatic rings. The highest BCUT2D eigenvalue weighted by Crippen LogP contribution is 2.30. The van der Waals surface area contributed by atoms with E-state index >= 15 is 0 Å². The number of anilines is 2. The first-order valence-electron chi connectivity index (χ1n) is 10.5. The molecule has 0 unspecified atom stereocenters. The standard InChI is InChI=1S/C23H25N3O7S/c1-3-31-22(27)20(23(28)32-4-2)21(18-8-7-15-33-18)25-16-10-12-17(13-11-16)34(29,30)26-19-9-5-6-14-24-19/h5-15,20-21,25H,3-4H2,1-2H3,(H,24,26)/t21-/m0/s1. The molecule has 2 aromatic heterocycles. The van der Waals surface area contributed by atoms with Crippen molar-refractivity contribution in [2.75, 3.05) is 23.3 Å². The number of nitrogens with one attached hydrogen (secondary N) is 2. The molecule has 10 nitrogen and oxygen atoms in total. The third-order valence-corrected chi connectivity index (χ3v) is 6.03. The summed E-state index contributed by atoms with van der Waals surface area (Å²) < 4.78 is 43.3. The van der Waals surface area contributed by atoms with Crippen LogP contribution in [0.15, 0.2) is 76.4 Å². The molecule has 3 rings (SSSR count). The Kier molecular flexibility index (Phi) is 8.25. The van der Waals surface area contributed by atoms with Crippen LogP contribution in [-0.2, 0) is 29.1 Å². The van der Waals surface area contributed by atoms with E-state index in [2.05, 4.69) is 15.0 Å².